The van der Waals surface area contributed by atoms with Gasteiger partial charge in [0.2, 0.25) is 0 Å². The number of allylic oxidation sites excluding steroid dienone is 3. The van der Waals surface area contributed by atoms with Gasteiger partial charge in [0.25, 0.3) is 0 Å². The SMILES string of the molecule is CC(=CCCC(C)C1CC(=O)C2(C)C3=C(C(=O)CC12C)C1(C)CCC(=O)C(C)(COC(=O)CC(C)(O)CC(=O)O)C1CC3=O)C(=O)O. The molecule has 4 aliphatic rings. The molecule has 0 spiro atoms. The number of ketones is 4. The van der Waals surface area contributed by atoms with Crippen LogP contribution in [0.25, 0.3) is 0 Å². The fourth-order valence-electron chi connectivity index (χ4n) is 9.49. The van der Waals surface area contributed by atoms with Gasteiger partial charge in [-0.15, -0.1) is 0 Å². The van der Waals surface area contributed by atoms with Crippen molar-refractivity contribution in [2.24, 2.45) is 39.4 Å². The fraction of sp³-hybridized carbons (Fsp3) is 0.694. The van der Waals surface area contributed by atoms with Crippen LogP contribution in [0.5, 0.6) is 0 Å². The highest BCUT2D eigenvalue weighted by molar-refractivity contribution is 6.16. The van der Waals surface area contributed by atoms with E-state index in [0.29, 0.717) is 24.8 Å². The van der Waals surface area contributed by atoms with E-state index in [1.807, 2.05) is 20.8 Å². The van der Waals surface area contributed by atoms with Gasteiger partial charge in [0.15, 0.2) is 11.6 Å². The van der Waals surface area contributed by atoms with Gasteiger partial charge in [0.1, 0.15) is 18.2 Å². The molecular formula is C36H48O11. The summed E-state index contributed by atoms with van der Waals surface area (Å²) in [6.45, 7) is 11.5. The first-order valence-corrected chi connectivity index (χ1v) is 16.4. The Hall–Kier alpha value is -3.47. The van der Waals surface area contributed by atoms with E-state index in [9.17, 15) is 43.8 Å². The number of rotatable bonds is 11. The monoisotopic (exact) mass is 656 g/mol. The fourth-order valence-corrected chi connectivity index (χ4v) is 9.49. The van der Waals surface area contributed by atoms with Crippen molar-refractivity contribution in [3.8, 4) is 0 Å². The molecule has 8 atom stereocenters. The average molecular weight is 657 g/mol. The number of esters is 1. The molecular weight excluding hydrogens is 608 g/mol. The summed E-state index contributed by atoms with van der Waals surface area (Å²) >= 11 is 0. The van der Waals surface area contributed by atoms with E-state index in [0.717, 1.165) is 0 Å². The molecule has 0 aliphatic heterocycles. The summed E-state index contributed by atoms with van der Waals surface area (Å²) in [6.07, 6.45) is 2.01. The first-order valence-electron chi connectivity index (χ1n) is 16.4. The first kappa shape index (κ1) is 36.4. The molecule has 2 saturated carbocycles. The van der Waals surface area contributed by atoms with Gasteiger partial charge in [-0.2, -0.15) is 0 Å². The van der Waals surface area contributed by atoms with Gasteiger partial charge in [-0.3, -0.25) is 28.8 Å². The van der Waals surface area contributed by atoms with E-state index in [1.165, 1.54) is 13.8 Å². The zero-order chi connectivity index (χ0) is 35.5. The normalized spacial score (nSPS) is 35.9. The van der Waals surface area contributed by atoms with Crippen molar-refractivity contribution in [2.45, 2.75) is 112 Å². The van der Waals surface area contributed by atoms with Gasteiger partial charge in [-0.1, -0.05) is 26.8 Å². The number of Topliss-reactive ketones (excluding diaryl/α,β-unsaturated/α-hetero) is 4. The summed E-state index contributed by atoms with van der Waals surface area (Å²) in [5.41, 5.74) is -5.37. The maximum Gasteiger partial charge on any atom is 0.330 e. The van der Waals surface area contributed by atoms with Crippen LogP contribution < -0.4 is 0 Å². The van der Waals surface area contributed by atoms with Crippen LogP contribution in [-0.4, -0.2) is 68.6 Å². The summed E-state index contributed by atoms with van der Waals surface area (Å²) < 4.78 is 5.47. The van der Waals surface area contributed by atoms with E-state index in [4.69, 9.17) is 9.84 Å². The first-order chi connectivity index (χ1) is 21.5. The number of aliphatic carboxylic acids is 2. The molecule has 0 bridgehead atoms. The van der Waals surface area contributed by atoms with Crippen LogP contribution in [-0.2, 0) is 38.3 Å². The Bertz CT molecular complexity index is 1500. The third-order valence-electron chi connectivity index (χ3n) is 12.5. The number of carbonyl (C=O) groups is 7. The number of carboxylic acids is 2. The van der Waals surface area contributed by atoms with Crippen molar-refractivity contribution < 1.29 is 53.6 Å². The van der Waals surface area contributed by atoms with Gasteiger partial charge in [0, 0.05) is 47.8 Å². The molecule has 0 radical (unpaired) electrons. The quantitative estimate of drug-likeness (QED) is 0.211. The van der Waals surface area contributed by atoms with Crippen LogP contribution in [0.15, 0.2) is 22.8 Å². The van der Waals surface area contributed by atoms with Crippen molar-refractivity contribution in [1.82, 2.24) is 0 Å². The van der Waals surface area contributed by atoms with Gasteiger partial charge in [-0.25, -0.2) is 4.79 Å². The lowest BCUT2D eigenvalue weighted by molar-refractivity contribution is -0.164. The van der Waals surface area contributed by atoms with E-state index >= 15 is 0 Å². The van der Waals surface area contributed by atoms with Crippen molar-refractivity contribution >= 4 is 41.0 Å². The second-order valence-corrected chi connectivity index (χ2v) is 15.7. The number of hydrogen-bond donors (Lipinski definition) is 3. The second kappa shape index (κ2) is 12.2. The van der Waals surface area contributed by atoms with E-state index < -0.39 is 70.5 Å². The highest BCUT2D eigenvalue weighted by Crippen LogP contribution is 2.69. The third-order valence-corrected chi connectivity index (χ3v) is 12.5. The van der Waals surface area contributed by atoms with Crippen molar-refractivity contribution in [3.05, 3.63) is 22.8 Å². The Morgan fingerprint density at radius 1 is 0.979 bits per heavy atom. The van der Waals surface area contributed by atoms with Crippen LogP contribution in [0.4, 0.5) is 0 Å². The minimum absolute atomic E-state index is 0.0258. The summed E-state index contributed by atoms with van der Waals surface area (Å²) in [5, 5.41) is 28.5. The summed E-state index contributed by atoms with van der Waals surface area (Å²) in [4.78, 5) is 91.2. The number of hydrogen-bond acceptors (Lipinski definition) is 9. The van der Waals surface area contributed by atoms with Crippen molar-refractivity contribution in [1.29, 1.82) is 0 Å². The number of fused-ring (bicyclic) bond motifs is 4. The van der Waals surface area contributed by atoms with Gasteiger partial charge < -0.3 is 20.1 Å². The molecule has 0 amide bonds. The second-order valence-electron chi connectivity index (χ2n) is 15.7. The molecule has 0 heterocycles. The lowest BCUT2D eigenvalue weighted by Gasteiger charge is -2.58. The number of carbonyl (C=O) groups excluding carboxylic acids is 5. The lowest BCUT2D eigenvalue weighted by atomic mass is 9.42. The maximum atomic E-state index is 14.3. The molecule has 11 heteroatoms. The maximum absolute atomic E-state index is 14.3. The van der Waals surface area contributed by atoms with E-state index in [-0.39, 0.29) is 71.8 Å². The van der Waals surface area contributed by atoms with Crippen LogP contribution in [0.1, 0.15) is 106 Å². The summed E-state index contributed by atoms with van der Waals surface area (Å²) in [5.74, 6) is -4.98. The molecule has 2 fully saturated rings. The largest absolute Gasteiger partial charge is 0.481 e. The lowest BCUT2D eigenvalue weighted by Crippen LogP contribution is -2.60. The molecule has 0 saturated heterocycles. The Balaban J connectivity index is 1.67. The average Bonchev–Trinajstić information content (AvgIpc) is 3.15. The summed E-state index contributed by atoms with van der Waals surface area (Å²) in [6, 6.07) is 0. The zero-order valence-corrected chi connectivity index (χ0v) is 28.5. The molecule has 4 rings (SSSR count). The Morgan fingerprint density at radius 3 is 2.21 bits per heavy atom. The molecule has 4 aliphatic carbocycles. The smallest absolute Gasteiger partial charge is 0.330 e. The molecule has 47 heavy (non-hydrogen) atoms. The highest BCUT2D eigenvalue weighted by Gasteiger charge is 2.71. The van der Waals surface area contributed by atoms with Gasteiger partial charge >= 0.3 is 17.9 Å². The Labute approximate surface area is 275 Å². The topological polar surface area (TPSA) is 189 Å². The molecule has 8 unspecified atom stereocenters. The van der Waals surface area contributed by atoms with E-state index in [1.54, 1.807) is 19.9 Å². The molecule has 0 aromatic carbocycles. The summed E-state index contributed by atoms with van der Waals surface area (Å²) in [7, 11) is 0. The highest BCUT2D eigenvalue weighted by atomic mass is 16.5. The molecule has 258 valence electrons. The van der Waals surface area contributed by atoms with E-state index in [2.05, 4.69) is 0 Å². The van der Waals surface area contributed by atoms with Gasteiger partial charge in [-0.05, 0) is 70.1 Å². The predicted octanol–water partition coefficient (Wildman–Crippen LogP) is 4.43. The number of aliphatic hydroxyl groups is 1. The molecule has 0 aromatic rings. The third kappa shape index (κ3) is 5.93. The Kier molecular flexibility index (Phi) is 9.44. The minimum Gasteiger partial charge on any atom is -0.481 e. The molecule has 11 nitrogen and oxygen atoms in total. The van der Waals surface area contributed by atoms with Crippen LogP contribution >= 0.6 is 0 Å². The van der Waals surface area contributed by atoms with Crippen LogP contribution in [0.3, 0.4) is 0 Å². The van der Waals surface area contributed by atoms with Crippen molar-refractivity contribution in [2.75, 3.05) is 6.61 Å². The number of ether oxygens (including phenoxy) is 1. The predicted molar refractivity (Wildman–Crippen MR) is 168 cm³/mol. The zero-order valence-electron chi connectivity index (χ0n) is 28.5. The molecule has 0 aromatic heterocycles. The number of carboxylic acid groups (broad SMARTS) is 2. The molecule has 3 N–H and O–H groups in total. The van der Waals surface area contributed by atoms with Gasteiger partial charge in [0.05, 0.1) is 29.3 Å². The van der Waals surface area contributed by atoms with Crippen LogP contribution in [0.2, 0.25) is 0 Å². The minimum atomic E-state index is -1.86. The van der Waals surface area contributed by atoms with Crippen LogP contribution in [0, 0.1) is 39.4 Å². The Morgan fingerprint density at radius 2 is 1.62 bits per heavy atom. The standard InChI is InChI=1S/C36H48O11/c1-19(9-8-10-20(2)31(44)45)21-13-26(40)36(7)30-22(37)14-24-33(4,29(30)23(38)15-35(21,36)6)12-11-25(39)34(24,5)18-47-28(43)17-32(3,46)16-27(41)42/h10,19,21,24,46H,8-9,11-18H2,1-7H3,(H,41,42)(H,44,45). The van der Waals surface area contributed by atoms with Crippen molar-refractivity contribution in [3.63, 3.8) is 0 Å².